The van der Waals surface area contributed by atoms with Crippen molar-refractivity contribution in [2.24, 2.45) is 5.92 Å². The molecule has 0 bridgehead atoms. The predicted octanol–water partition coefficient (Wildman–Crippen LogP) is 4.33. The van der Waals surface area contributed by atoms with Gasteiger partial charge in [-0.05, 0) is 64.1 Å². The van der Waals surface area contributed by atoms with E-state index >= 15 is 0 Å². The molecule has 2 aromatic rings. The van der Waals surface area contributed by atoms with E-state index in [-0.39, 0.29) is 17.7 Å². The lowest BCUT2D eigenvalue weighted by molar-refractivity contribution is -0.121. The molecular formula is C23H29N5O2S2. The van der Waals surface area contributed by atoms with Gasteiger partial charge in [-0.15, -0.1) is 22.7 Å². The van der Waals surface area contributed by atoms with E-state index in [1.807, 2.05) is 12.3 Å². The topological polar surface area (TPSA) is 98.1 Å². The van der Waals surface area contributed by atoms with Gasteiger partial charge in [-0.25, -0.2) is 4.98 Å². The Bertz CT molecular complexity index is 1010. The number of piperidine rings is 1. The fourth-order valence-corrected chi connectivity index (χ4v) is 6.38. The van der Waals surface area contributed by atoms with E-state index in [0.717, 1.165) is 67.9 Å². The second-order valence-corrected chi connectivity index (χ2v) is 10.5. The molecule has 0 atom stereocenters. The summed E-state index contributed by atoms with van der Waals surface area (Å²) in [5.74, 6) is -0.0147. The highest BCUT2D eigenvalue weighted by Gasteiger charge is 2.26. The first-order valence-electron chi connectivity index (χ1n) is 11.3. The number of hydrogen-bond donors (Lipinski definition) is 2. The van der Waals surface area contributed by atoms with Crippen molar-refractivity contribution >= 4 is 44.6 Å². The molecule has 0 saturated carbocycles. The Hall–Kier alpha value is -2.28. The molecule has 170 valence electrons. The Labute approximate surface area is 196 Å². The molecule has 1 fully saturated rings. The summed E-state index contributed by atoms with van der Waals surface area (Å²) >= 11 is 3.03. The van der Waals surface area contributed by atoms with Crippen LogP contribution in [0.2, 0.25) is 0 Å². The number of thiophene rings is 1. The van der Waals surface area contributed by atoms with E-state index in [9.17, 15) is 14.9 Å². The van der Waals surface area contributed by atoms with Gasteiger partial charge in [-0.1, -0.05) is 6.42 Å². The summed E-state index contributed by atoms with van der Waals surface area (Å²) in [6.45, 7) is 4.19. The van der Waals surface area contributed by atoms with Crippen molar-refractivity contribution in [3.05, 3.63) is 27.1 Å². The highest BCUT2D eigenvalue weighted by Crippen LogP contribution is 2.37. The zero-order valence-corrected chi connectivity index (χ0v) is 20.0. The van der Waals surface area contributed by atoms with Crippen molar-refractivity contribution in [1.82, 2.24) is 9.88 Å². The zero-order chi connectivity index (χ0) is 22.5. The summed E-state index contributed by atoms with van der Waals surface area (Å²) in [6.07, 6.45) is 7.39. The third kappa shape index (κ3) is 5.55. The monoisotopic (exact) mass is 471 g/mol. The lowest BCUT2D eigenvalue weighted by Gasteiger charge is -2.30. The van der Waals surface area contributed by atoms with Crippen molar-refractivity contribution in [2.75, 3.05) is 30.3 Å². The van der Waals surface area contributed by atoms with Crippen molar-refractivity contribution in [3.63, 3.8) is 0 Å². The molecule has 0 unspecified atom stereocenters. The largest absolute Gasteiger partial charge is 0.317 e. The molecule has 0 radical (unpaired) electrons. The lowest BCUT2D eigenvalue weighted by atomic mass is 9.96. The first-order chi connectivity index (χ1) is 15.5. The molecule has 1 aliphatic carbocycles. The zero-order valence-electron chi connectivity index (χ0n) is 18.4. The number of anilines is 2. The Morgan fingerprint density at radius 3 is 2.72 bits per heavy atom. The van der Waals surface area contributed by atoms with E-state index in [2.05, 4.69) is 26.6 Å². The number of thiazole rings is 1. The van der Waals surface area contributed by atoms with E-state index in [0.29, 0.717) is 23.7 Å². The second kappa shape index (κ2) is 10.6. The Morgan fingerprint density at radius 2 is 2.00 bits per heavy atom. The van der Waals surface area contributed by atoms with Crippen molar-refractivity contribution in [1.29, 1.82) is 5.26 Å². The van der Waals surface area contributed by atoms with Gasteiger partial charge in [0.15, 0.2) is 5.13 Å². The molecule has 9 heteroatoms. The summed E-state index contributed by atoms with van der Waals surface area (Å²) in [7, 11) is 0. The van der Waals surface area contributed by atoms with Crippen LogP contribution in [0.3, 0.4) is 0 Å². The summed E-state index contributed by atoms with van der Waals surface area (Å²) in [4.78, 5) is 32.8. The number of carbonyl (C=O) groups is 2. The third-order valence-electron chi connectivity index (χ3n) is 6.25. The van der Waals surface area contributed by atoms with Gasteiger partial charge in [0.2, 0.25) is 11.8 Å². The van der Waals surface area contributed by atoms with Gasteiger partial charge in [0, 0.05) is 29.1 Å². The van der Waals surface area contributed by atoms with E-state index in [1.165, 1.54) is 22.6 Å². The van der Waals surface area contributed by atoms with Gasteiger partial charge in [-0.2, -0.15) is 5.26 Å². The highest BCUT2D eigenvalue weighted by atomic mass is 32.1. The average Bonchev–Trinajstić information content (AvgIpc) is 3.26. The number of nitriles is 1. The summed E-state index contributed by atoms with van der Waals surface area (Å²) in [5.41, 5.74) is 2.74. The van der Waals surface area contributed by atoms with Crippen LogP contribution in [0, 0.1) is 24.2 Å². The van der Waals surface area contributed by atoms with Gasteiger partial charge in [0.1, 0.15) is 11.1 Å². The van der Waals surface area contributed by atoms with Gasteiger partial charge >= 0.3 is 0 Å². The van der Waals surface area contributed by atoms with Crippen LogP contribution in [0.1, 0.15) is 60.2 Å². The van der Waals surface area contributed by atoms with Gasteiger partial charge in [-0.3, -0.25) is 9.59 Å². The number of aromatic nitrogens is 1. The second-order valence-electron chi connectivity index (χ2n) is 8.58. The minimum Gasteiger partial charge on any atom is -0.317 e. The van der Waals surface area contributed by atoms with Gasteiger partial charge in [0.05, 0.1) is 11.3 Å². The molecule has 4 rings (SSSR count). The van der Waals surface area contributed by atoms with Gasteiger partial charge < -0.3 is 15.5 Å². The number of fused-ring (bicyclic) bond motifs is 1. The molecule has 3 heterocycles. The molecule has 2 aliphatic rings. The van der Waals surface area contributed by atoms with Crippen LogP contribution in [0.15, 0.2) is 5.38 Å². The van der Waals surface area contributed by atoms with Crippen molar-refractivity contribution < 1.29 is 9.59 Å². The van der Waals surface area contributed by atoms with Crippen molar-refractivity contribution in [3.8, 4) is 6.07 Å². The quantitative estimate of drug-likeness (QED) is 0.611. The molecule has 2 aromatic heterocycles. The number of nitrogens with zero attached hydrogens (tertiary/aromatic N) is 3. The molecule has 2 N–H and O–H groups in total. The van der Waals surface area contributed by atoms with E-state index < -0.39 is 0 Å². The predicted molar refractivity (Wildman–Crippen MR) is 128 cm³/mol. The molecular weight excluding hydrogens is 442 g/mol. The molecule has 0 aromatic carbocycles. The molecule has 2 amide bonds. The highest BCUT2D eigenvalue weighted by molar-refractivity contribution is 7.16. The fourth-order valence-electron chi connectivity index (χ4n) is 4.44. The molecule has 1 aliphatic heterocycles. The van der Waals surface area contributed by atoms with Gasteiger partial charge in [0.25, 0.3) is 0 Å². The number of carbonyl (C=O) groups excluding carboxylic acids is 2. The standard InChI is InChI=1S/C23H29N5O2S2/c1-15-14-31-23(25-15)27-21(30)16-7-10-28(11-8-16)12-9-20(29)26-22-18(13-24)17-5-3-2-4-6-19(17)32-22/h14,16H,2-12H2,1H3,(H,26,29)(H,25,27,30). The van der Waals surface area contributed by atoms with Crippen LogP contribution < -0.4 is 10.6 Å². The summed E-state index contributed by atoms with van der Waals surface area (Å²) in [5, 5.41) is 18.9. The van der Waals surface area contributed by atoms with Crippen LogP contribution in [-0.2, 0) is 22.4 Å². The molecule has 7 nitrogen and oxygen atoms in total. The fraction of sp³-hybridized carbons (Fsp3) is 0.565. The number of rotatable bonds is 6. The normalized spacial score (nSPS) is 17.2. The van der Waals surface area contributed by atoms with Crippen LogP contribution in [0.25, 0.3) is 0 Å². The molecule has 0 spiro atoms. The van der Waals surface area contributed by atoms with Crippen molar-refractivity contribution in [2.45, 2.75) is 58.3 Å². The lowest BCUT2D eigenvalue weighted by Crippen LogP contribution is -2.39. The maximum atomic E-state index is 12.6. The number of aryl methyl sites for hydroxylation is 2. The molecule has 32 heavy (non-hydrogen) atoms. The van der Waals surface area contributed by atoms with E-state index in [4.69, 9.17) is 0 Å². The Morgan fingerprint density at radius 1 is 1.22 bits per heavy atom. The maximum absolute atomic E-state index is 12.6. The van der Waals surface area contributed by atoms with E-state index in [1.54, 1.807) is 11.3 Å². The number of hydrogen-bond acceptors (Lipinski definition) is 7. The third-order valence-corrected chi connectivity index (χ3v) is 8.33. The maximum Gasteiger partial charge on any atom is 0.229 e. The average molecular weight is 472 g/mol. The molecule has 1 saturated heterocycles. The minimum absolute atomic E-state index is 0.0102. The number of likely N-dealkylation sites (tertiary alicyclic amines) is 1. The Kier molecular flexibility index (Phi) is 7.55. The number of nitrogens with one attached hydrogen (secondary N) is 2. The van der Waals surface area contributed by atoms with Crippen LogP contribution >= 0.6 is 22.7 Å². The SMILES string of the molecule is Cc1csc(NC(=O)C2CCN(CCC(=O)Nc3sc4c(c3C#N)CCCCC4)CC2)n1. The Balaban J connectivity index is 1.23. The van der Waals surface area contributed by atoms with Crippen LogP contribution in [-0.4, -0.2) is 41.3 Å². The summed E-state index contributed by atoms with van der Waals surface area (Å²) < 4.78 is 0. The smallest absolute Gasteiger partial charge is 0.229 e. The van der Waals surface area contributed by atoms with Crippen LogP contribution in [0.5, 0.6) is 0 Å². The minimum atomic E-state index is -0.0445. The van der Waals surface area contributed by atoms with Crippen LogP contribution in [0.4, 0.5) is 10.1 Å². The first kappa shape index (κ1) is 22.9. The summed E-state index contributed by atoms with van der Waals surface area (Å²) in [6, 6.07) is 2.32. The first-order valence-corrected chi connectivity index (χ1v) is 13.0. The number of amides is 2.